The molecule has 0 aliphatic heterocycles. The van der Waals surface area contributed by atoms with Crippen LogP contribution in [0.4, 0.5) is 10.5 Å². The van der Waals surface area contributed by atoms with Gasteiger partial charge in [0.2, 0.25) is 0 Å². The fraction of sp³-hybridized carbons (Fsp3) is 0.481. The lowest BCUT2D eigenvalue weighted by atomic mass is 9.89. The van der Waals surface area contributed by atoms with Crippen LogP contribution in [-0.4, -0.2) is 31.8 Å². The molecular weight excluding hydrogens is 402 g/mol. The van der Waals surface area contributed by atoms with Crippen molar-refractivity contribution in [1.29, 1.82) is 0 Å². The van der Waals surface area contributed by atoms with Crippen LogP contribution in [0.3, 0.4) is 0 Å². The van der Waals surface area contributed by atoms with Crippen LogP contribution in [0.15, 0.2) is 54.6 Å². The monoisotopic (exact) mass is 439 g/mol. The molecule has 0 aliphatic rings. The van der Waals surface area contributed by atoms with Gasteiger partial charge in [-0.2, -0.15) is 0 Å². The predicted octanol–water partition coefficient (Wildman–Crippen LogP) is 6.56. The fourth-order valence-corrected chi connectivity index (χ4v) is 3.94. The lowest BCUT2D eigenvalue weighted by Gasteiger charge is -2.30. The van der Waals surface area contributed by atoms with Gasteiger partial charge in [-0.05, 0) is 43.4 Å². The molecule has 2 rings (SSSR count). The summed E-state index contributed by atoms with van der Waals surface area (Å²) in [4.78, 5) is 27.8. The first kappa shape index (κ1) is 25.4. The van der Waals surface area contributed by atoms with Crippen LogP contribution in [0.25, 0.3) is 0 Å². The lowest BCUT2D eigenvalue weighted by Crippen LogP contribution is -2.37. The first-order chi connectivity index (χ1) is 15.6. The molecule has 2 aromatic rings. The molecule has 2 aromatic carbocycles. The topological polar surface area (TPSA) is 55.8 Å². The fourth-order valence-electron chi connectivity index (χ4n) is 3.94. The van der Waals surface area contributed by atoms with E-state index in [0.29, 0.717) is 31.4 Å². The molecule has 0 N–H and O–H groups in total. The number of esters is 1. The second kappa shape index (κ2) is 13.6. The van der Waals surface area contributed by atoms with Gasteiger partial charge in [-0.3, -0.25) is 9.69 Å². The Morgan fingerprint density at radius 3 is 2.16 bits per heavy atom. The maximum atomic E-state index is 13.1. The van der Waals surface area contributed by atoms with Crippen LogP contribution in [0, 0.1) is 5.92 Å². The zero-order valence-corrected chi connectivity index (χ0v) is 19.9. The van der Waals surface area contributed by atoms with Gasteiger partial charge in [0, 0.05) is 6.54 Å². The molecule has 0 spiro atoms. The second-order valence-electron chi connectivity index (χ2n) is 7.88. The standard InChI is InChI=1S/C27H37NO4/c1-5-9-15-21(6-2)20-28(27(30)32-8-4)24-19-14-13-18-23(24)25(26(29)31-7-3)22-16-11-10-12-17-22/h10-14,16-19,21,25H,5-9,15,20H2,1-4H3. The molecule has 2 unspecified atom stereocenters. The number of amides is 1. The number of hydrogen-bond acceptors (Lipinski definition) is 4. The highest BCUT2D eigenvalue weighted by atomic mass is 16.6. The molecule has 0 aliphatic carbocycles. The molecule has 174 valence electrons. The van der Waals surface area contributed by atoms with Crippen molar-refractivity contribution in [2.24, 2.45) is 5.92 Å². The van der Waals surface area contributed by atoms with Crippen molar-refractivity contribution in [3.8, 4) is 0 Å². The predicted molar refractivity (Wildman–Crippen MR) is 129 cm³/mol. The Balaban J connectivity index is 2.55. The minimum atomic E-state index is -0.625. The van der Waals surface area contributed by atoms with E-state index in [1.54, 1.807) is 11.8 Å². The van der Waals surface area contributed by atoms with Gasteiger partial charge in [0.1, 0.15) is 5.92 Å². The molecular formula is C27H37NO4. The van der Waals surface area contributed by atoms with Crippen LogP contribution >= 0.6 is 0 Å². The van der Waals surface area contributed by atoms with Crippen molar-refractivity contribution in [2.45, 2.75) is 59.3 Å². The number of unbranched alkanes of at least 4 members (excludes halogenated alkanes) is 1. The van der Waals surface area contributed by atoms with E-state index < -0.39 is 5.92 Å². The van der Waals surface area contributed by atoms with Gasteiger partial charge in [-0.1, -0.05) is 81.6 Å². The highest BCUT2D eigenvalue weighted by molar-refractivity contribution is 5.92. The van der Waals surface area contributed by atoms with E-state index in [-0.39, 0.29) is 12.1 Å². The van der Waals surface area contributed by atoms with E-state index in [0.717, 1.165) is 36.8 Å². The Morgan fingerprint density at radius 2 is 1.53 bits per heavy atom. The van der Waals surface area contributed by atoms with Crippen LogP contribution in [-0.2, 0) is 14.3 Å². The van der Waals surface area contributed by atoms with Gasteiger partial charge in [-0.25, -0.2) is 4.79 Å². The van der Waals surface area contributed by atoms with Crippen molar-refractivity contribution < 1.29 is 19.1 Å². The summed E-state index contributed by atoms with van der Waals surface area (Å²) in [5.74, 6) is -0.599. The quantitative estimate of drug-likeness (QED) is 0.351. The summed E-state index contributed by atoms with van der Waals surface area (Å²) >= 11 is 0. The van der Waals surface area contributed by atoms with E-state index in [1.807, 2.05) is 61.5 Å². The molecule has 5 nitrogen and oxygen atoms in total. The number of rotatable bonds is 12. The molecule has 0 radical (unpaired) electrons. The molecule has 0 heterocycles. The number of carbonyl (C=O) groups excluding carboxylic acids is 2. The first-order valence-electron chi connectivity index (χ1n) is 11.8. The Bertz CT molecular complexity index is 837. The number of ether oxygens (including phenoxy) is 2. The number of benzene rings is 2. The molecule has 5 heteroatoms. The summed E-state index contributed by atoms with van der Waals surface area (Å²) in [7, 11) is 0. The van der Waals surface area contributed by atoms with Crippen molar-refractivity contribution >= 4 is 17.7 Å². The maximum Gasteiger partial charge on any atom is 0.414 e. The molecule has 0 saturated carbocycles. The van der Waals surface area contributed by atoms with Crippen LogP contribution in [0.2, 0.25) is 0 Å². The smallest absolute Gasteiger partial charge is 0.414 e. The van der Waals surface area contributed by atoms with E-state index in [1.165, 1.54) is 0 Å². The largest absolute Gasteiger partial charge is 0.465 e. The summed E-state index contributed by atoms with van der Waals surface area (Å²) in [6, 6.07) is 17.2. The summed E-state index contributed by atoms with van der Waals surface area (Å²) in [6.07, 6.45) is 3.87. The number of nitrogens with zero attached hydrogens (tertiary/aromatic N) is 1. The van der Waals surface area contributed by atoms with Gasteiger partial charge in [-0.15, -0.1) is 0 Å². The summed E-state index contributed by atoms with van der Waals surface area (Å²) in [5.41, 5.74) is 2.28. The summed E-state index contributed by atoms with van der Waals surface area (Å²) < 4.78 is 10.9. The van der Waals surface area contributed by atoms with Crippen LogP contribution < -0.4 is 4.90 Å². The van der Waals surface area contributed by atoms with Crippen molar-refractivity contribution in [1.82, 2.24) is 0 Å². The SMILES string of the molecule is CCCCC(CC)CN(C(=O)OCC)c1ccccc1C(C(=O)OCC)c1ccccc1. The second-order valence-corrected chi connectivity index (χ2v) is 7.88. The third-order valence-electron chi connectivity index (χ3n) is 5.67. The van der Waals surface area contributed by atoms with Crippen LogP contribution in [0.1, 0.15) is 70.4 Å². The maximum absolute atomic E-state index is 13.1. The molecule has 0 bridgehead atoms. The van der Waals surface area contributed by atoms with E-state index >= 15 is 0 Å². The first-order valence-corrected chi connectivity index (χ1v) is 11.8. The van der Waals surface area contributed by atoms with Crippen LogP contribution in [0.5, 0.6) is 0 Å². The summed E-state index contributed by atoms with van der Waals surface area (Å²) in [5, 5.41) is 0. The Morgan fingerprint density at radius 1 is 0.875 bits per heavy atom. The number of carbonyl (C=O) groups is 2. The third-order valence-corrected chi connectivity index (χ3v) is 5.67. The highest BCUT2D eigenvalue weighted by Gasteiger charge is 2.31. The van der Waals surface area contributed by atoms with Crippen molar-refractivity contribution in [3.05, 3.63) is 65.7 Å². The third kappa shape index (κ3) is 6.84. The zero-order chi connectivity index (χ0) is 23.3. The molecule has 2 atom stereocenters. The molecule has 0 aromatic heterocycles. The number of anilines is 1. The van der Waals surface area contributed by atoms with E-state index in [2.05, 4.69) is 13.8 Å². The Labute approximate surface area is 192 Å². The lowest BCUT2D eigenvalue weighted by molar-refractivity contribution is -0.143. The average Bonchev–Trinajstić information content (AvgIpc) is 2.81. The normalized spacial score (nSPS) is 12.6. The molecule has 32 heavy (non-hydrogen) atoms. The Hall–Kier alpha value is -2.82. The van der Waals surface area contributed by atoms with Gasteiger partial charge < -0.3 is 9.47 Å². The molecule has 1 amide bonds. The minimum Gasteiger partial charge on any atom is -0.465 e. The van der Waals surface area contributed by atoms with E-state index in [9.17, 15) is 9.59 Å². The summed E-state index contributed by atoms with van der Waals surface area (Å²) in [6.45, 7) is 9.08. The number of hydrogen-bond donors (Lipinski definition) is 0. The van der Waals surface area contributed by atoms with E-state index in [4.69, 9.17) is 9.47 Å². The molecule has 0 saturated heterocycles. The van der Waals surface area contributed by atoms with Gasteiger partial charge in [0.15, 0.2) is 0 Å². The zero-order valence-electron chi connectivity index (χ0n) is 19.9. The van der Waals surface area contributed by atoms with Crippen molar-refractivity contribution in [2.75, 3.05) is 24.7 Å². The van der Waals surface area contributed by atoms with Gasteiger partial charge >= 0.3 is 12.1 Å². The highest BCUT2D eigenvalue weighted by Crippen LogP contribution is 2.35. The molecule has 0 fully saturated rings. The van der Waals surface area contributed by atoms with Crippen molar-refractivity contribution in [3.63, 3.8) is 0 Å². The Kier molecular flexibility index (Phi) is 10.8. The number of para-hydroxylation sites is 1. The average molecular weight is 440 g/mol. The minimum absolute atomic E-state index is 0.293. The van der Waals surface area contributed by atoms with Gasteiger partial charge in [0.25, 0.3) is 0 Å². The van der Waals surface area contributed by atoms with Gasteiger partial charge in [0.05, 0.1) is 18.9 Å².